The minimum atomic E-state index is -0.105. The number of benzene rings is 1. The molecular formula is C25H34N4O2. The second kappa shape index (κ2) is 9.07. The molecule has 2 atom stereocenters. The van der Waals surface area contributed by atoms with Crippen molar-refractivity contribution < 1.29 is 9.53 Å². The van der Waals surface area contributed by atoms with Crippen molar-refractivity contribution in [2.24, 2.45) is 0 Å². The number of piperazine rings is 1. The molecule has 3 heterocycles. The SMILES string of the molecule is COCC1CNC(C)CN1CC(=O)N1CC(C)(C)c2cnc(Cc3ccccc3)cc21. The van der Waals surface area contributed by atoms with E-state index in [1.165, 1.54) is 5.56 Å². The molecule has 1 aromatic carbocycles. The second-order valence-corrected chi connectivity index (χ2v) is 9.57. The topological polar surface area (TPSA) is 57.7 Å². The fourth-order valence-corrected chi connectivity index (χ4v) is 4.76. The summed E-state index contributed by atoms with van der Waals surface area (Å²) in [7, 11) is 1.72. The Kier molecular flexibility index (Phi) is 6.42. The third-order valence-electron chi connectivity index (χ3n) is 6.47. The summed E-state index contributed by atoms with van der Waals surface area (Å²) in [6.45, 7) is 9.96. The first-order valence-electron chi connectivity index (χ1n) is 11.2. The molecule has 0 radical (unpaired) electrons. The van der Waals surface area contributed by atoms with Gasteiger partial charge in [-0.1, -0.05) is 44.2 Å². The quantitative estimate of drug-likeness (QED) is 0.776. The van der Waals surface area contributed by atoms with Crippen LogP contribution in [0.1, 0.15) is 37.6 Å². The number of carbonyl (C=O) groups is 1. The highest BCUT2D eigenvalue weighted by atomic mass is 16.5. The van der Waals surface area contributed by atoms with Crippen molar-refractivity contribution in [3.63, 3.8) is 0 Å². The number of methoxy groups -OCH3 is 1. The van der Waals surface area contributed by atoms with Crippen LogP contribution < -0.4 is 10.2 Å². The molecule has 1 saturated heterocycles. The van der Waals surface area contributed by atoms with Gasteiger partial charge in [-0.2, -0.15) is 0 Å². The Bertz CT molecular complexity index is 915. The molecule has 31 heavy (non-hydrogen) atoms. The Morgan fingerprint density at radius 1 is 1.29 bits per heavy atom. The average molecular weight is 423 g/mol. The van der Waals surface area contributed by atoms with Crippen LogP contribution in [0.2, 0.25) is 0 Å². The number of carbonyl (C=O) groups excluding carboxylic acids is 1. The predicted molar refractivity (Wildman–Crippen MR) is 124 cm³/mol. The van der Waals surface area contributed by atoms with Gasteiger partial charge in [-0.3, -0.25) is 14.7 Å². The van der Waals surface area contributed by atoms with Crippen molar-refractivity contribution in [3.8, 4) is 0 Å². The first-order valence-corrected chi connectivity index (χ1v) is 11.2. The molecule has 0 spiro atoms. The number of fused-ring (bicyclic) bond motifs is 1. The monoisotopic (exact) mass is 422 g/mol. The normalized spacial score (nSPS) is 23.0. The van der Waals surface area contributed by atoms with E-state index in [0.29, 0.717) is 25.7 Å². The Labute approximate surface area is 185 Å². The summed E-state index contributed by atoms with van der Waals surface area (Å²) in [5.74, 6) is 0.152. The van der Waals surface area contributed by atoms with Gasteiger partial charge in [0.2, 0.25) is 5.91 Å². The number of hydrogen-bond acceptors (Lipinski definition) is 5. The van der Waals surface area contributed by atoms with Crippen LogP contribution in [-0.2, 0) is 21.4 Å². The Morgan fingerprint density at radius 3 is 2.81 bits per heavy atom. The number of nitrogens with one attached hydrogen (secondary N) is 1. The number of anilines is 1. The maximum absolute atomic E-state index is 13.5. The zero-order valence-corrected chi connectivity index (χ0v) is 19.1. The Hall–Kier alpha value is -2.28. The van der Waals surface area contributed by atoms with E-state index in [1.54, 1.807) is 7.11 Å². The third-order valence-corrected chi connectivity index (χ3v) is 6.47. The summed E-state index contributed by atoms with van der Waals surface area (Å²) in [6.07, 6.45) is 2.74. The van der Waals surface area contributed by atoms with Gasteiger partial charge in [-0.25, -0.2) is 0 Å². The van der Waals surface area contributed by atoms with Gasteiger partial charge >= 0.3 is 0 Å². The van der Waals surface area contributed by atoms with E-state index in [-0.39, 0.29) is 17.4 Å². The van der Waals surface area contributed by atoms with Gasteiger partial charge < -0.3 is 15.0 Å². The molecule has 2 unspecified atom stereocenters. The van der Waals surface area contributed by atoms with Crippen molar-refractivity contribution in [2.75, 3.05) is 44.8 Å². The third kappa shape index (κ3) is 4.81. The number of ether oxygens (including phenoxy) is 1. The summed E-state index contributed by atoms with van der Waals surface area (Å²) >= 11 is 0. The zero-order chi connectivity index (χ0) is 22.0. The predicted octanol–water partition coefficient (Wildman–Crippen LogP) is 2.61. The first kappa shape index (κ1) is 21.9. The number of pyridine rings is 1. The molecule has 166 valence electrons. The molecule has 2 aliphatic heterocycles. The number of hydrogen-bond donors (Lipinski definition) is 1. The van der Waals surface area contributed by atoms with Crippen molar-refractivity contribution in [2.45, 2.75) is 44.7 Å². The molecule has 2 aromatic rings. The van der Waals surface area contributed by atoms with Gasteiger partial charge in [-0.15, -0.1) is 0 Å². The molecule has 0 aliphatic carbocycles. The molecule has 2 aliphatic rings. The van der Waals surface area contributed by atoms with E-state index in [9.17, 15) is 4.79 Å². The minimum absolute atomic E-state index is 0.105. The highest BCUT2D eigenvalue weighted by Gasteiger charge is 2.39. The molecule has 6 heteroatoms. The lowest BCUT2D eigenvalue weighted by molar-refractivity contribution is -0.121. The lowest BCUT2D eigenvalue weighted by Gasteiger charge is -2.39. The van der Waals surface area contributed by atoms with Crippen LogP contribution in [0.4, 0.5) is 5.69 Å². The number of rotatable bonds is 6. The molecule has 1 amide bonds. The van der Waals surface area contributed by atoms with Gasteiger partial charge in [0.25, 0.3) is 0 Å². The second-order valence-electron chi connectivity index (χ2n) is 9.57. The van der Waals surface area contributed by atoms with E-state index >= 15 is 0 Å². The largest absolute Gasteiger partial charge is 0.383 e. The number of aromatic nitrogens is 1. The summed E-state index contributed by atoms with van der Waals surface area (Å²) < 4.78 is 5.40. The van der Waals surface area contributed by atoms with E-state index in [1.807, 2.05) is 29.3 Å². The van der Waals surface area contributed by atoms with Gasteiger partial charge in [0, 0.05) is 68.1 Å². The lowest BCUT2D eigenvalue weighted by atomic mass is 9.88. The Morgan fingerprint density at radius 2 is 2.06 bits per heavy atom. The van der Waals surface area contributed by atoms with Crippen LogP contribution in [-0.4, -0.2) is 67.8 Å². The van der Waals surface area contributed by atoms with Gasteiger partial charge in [0.15, 0.2) is 0 Å². The summed E-state index contributed by atoms with van der Waals surface area (Å²) in [6, 6.07) is 13.0. The van der Waals surface area contributed by atoms with E-state index in [4.69, 9.17) is 9.72 Å². The maximum Gasteiger partial charge on any atom is 0.241 e. The first-order chi connectivity index (χ1) is 14.9. The minimum Gasteiger partial charge on any atom is -0.383 e. The van der Waals surface area contributed by atoms with Gasteiger partial charge in [-0.05, 0) is 18.6 Å². The van der Waals surface area contributed by atoms with E-state index < -0.39 is 0 Å². The van der Waals surface area contributed by atoms with Crippen molar-refractivity contribution in [1.82, 2.24) is 15.2 Å². The Balaban J connectivity index is 1.55. The summed E-state index contributed by atoms with van der Waals surface area (Å²) in [5, 5.41) is 3.49. The standard InChI is InChI=1S/C25H34N4O2/c1-18-14-28(21(12-26-18)16-31-4)15-24(30)29-17-25(2,3)22-13-27-20(11-23(22)29)10-19-8-6-5-7-9-19/h5-9,11,13,18,21,26H,10,12,14-17H2,1-4H3. The van der Waals surface area contributed by atoms with Gasteiger partial charge in [0.1, 0.15) is 0 Å². The van der Waals surface area contributed by atoms with Crippen LogP contribution >= 0.6 is 0 Å². The molecule has 1 fully saturated rings. The fraction of sp³-hybridized carbons (Fsp3) is 0.520. The van der Waals surface area contributed by atoms with Crippen LogP contribution in [0.5, 0.6) is 0 Å². The smallest absolute Gasteiger partial charge is 0.241 e. The lowest BCUT2D eigenvalue weighted by Crippen LogP contribution is -2.59. The zero-order valence-electron chi connectivity index (χ0n) is 19.1. The molecule has 1 aromatic heterocycles. The number of amides is 1. The number of nitrogens with zero attached hydrogens (tertiary/aromatic N) is 3. The van der Waals surface area contributed by atoms with Crippen LogP contribution in [0, 0.1) is 0 Å². The van der Waals surface area contributed by atoms with Crippen LogP contribution in [0.3, 0.4) is 0 Å². The van der Waals surface area contributed by atoms with Crippen LogP contribution in [0.15, 0.2) is 42.6 Å². The molecule has 0 bridgehead atoms. The van der Waals surface area contributed by atoms with E-state index in [2.05, 4.69) is 49.2 Å². The highest BCUT2D eigenvalue weighted by Crippen LogP contribution is 2.40. The van der Waals surface area contributed by atoms with Crippen molar-refractivity contribution in [1.29, 1.82) is 0 Å². The maximum atomic E-state index is 13.5. The molecule has 6 nitrogen and oxygen atoms in total. The molecule has 1 N–H and O–H groups in total. The molecule has 4 rings (SSSR count). The van der Waals surface area contributed by atoms with E-state index in [0.717, 1.165) is 36.5 Å². The van der Waals surface area contributed by atoms with Crippen molar-refractivity contribution in [3.05, 3.63) is 59.4 Å². The summed E-state index contributed by atoms with van der Waals surface area (Å²) in [5.41, 5.74) is 4.28. The fourth-order valence-electron chi connectivity index (χ4n) is 4.76. The molecule has 0 saturated carbocycles. The summed E-state index contributed by atoms with van der Waals surface area (Å²) in [4.78, 5) is 22.5. The average Bonchev–Trinajstić information content (AvgIpc) is 3.01. The highest BCUT2D eigenvalue weighted by molar-refractivity contribution is 5.97. The van der Waals surface area contributed by atoms with Gasteiger partial charge in [0.05, 0.1) is 18.8 Å². The van der Waals surface area contributed by atoms with Crippen molar-refractivity contribution >= 4 is 11.6 Å². The van der Waals surface area contributed by atoms with Crippen LogP contribution in [0.25, 0.3) is 0 Å². The molecular weight excluding hydrogens is 388 g/mol.